The maximum atomic E-state index is 11.0. The number of thiazole rings is 2. The van der Waals surface area contributed by atoms with E-state index in [1.165, 1.54) is 34.4 Å². The Hall–Kier alpha value is -1.18. The molecule has 0 amide bonds. The van der Waals surface area contributed by atoms with E-state index in [1.807, 2.05) is 17.0 Å². The predicted octanol–water partition coefficient (Wildman–Crippen LogP) is 2.82. The van der Waals surface area contributed by atoms with Gasteiger partial charge in [-0.2, -0.15) is 0 Å². The second-order valence-electron chi connectivity index (χ2n) is 2.88. The quantitative estimate of drug-likeness (QED) is 0.685. The van der Waals surface area contributed by atoms with Crippen LogP contribution in [0.5, 0.6) is 0 Å². The van der Waals surface area contributed by atoms with Gasteiger partial charge in [0.05, 0.1) is 0 Å². The van der Waals surface area contributed by atoms with E-state index in [4.69, 9.17) is 0 Å². The summed E-state index contributed by atoms with van der Waals surface area (Å²) in [6.45, 7) is 0. The van der Waals surface area contributed by atoms with Crippen LogP contribution in [0.1, 0.15) is 10.5 Å². The second kappa shape index (κ2) is 4.00. The molecule has 3 aromatic rings. The molecular formula is C9H5N3OS3. The number of imidazole rings is 1. The lowest BCUT2D eigenvalue weighted by Gasteiger charge is -1.92. The summed E-state index contributed by atoms with van der Waals surface area (Å²) in [5, 5.41) is 4.53. The van der Waals surface area contributed by atoms with Crippen molar-refractivity contribution >= 4 is 45.7 Å². The number of aldehydes is 1. The topological polar surface area (TPSA) is 47.3 Å². The molecule has 0 aliphatic rings. The maximum Gasteiger partial charge on any atom is 0.195 e. The normalized spacial score (nSPS) is 11.0. The van der Waals surface area contributed by atoms with Crippen LogP contribution < -0.4 is 0 Å². The molecule has 0 aliphatic heterocycles. The minimum Gasteiger partial charge on any atom is -0.296 e. The molecule has 4 nitrogen and oxygen atoms in total. The van der Waals surface area contributed by atoms with Crippen molar-refractivity contribution in [1.29, 1.82) is 0 Å². The van der Waals surface area contributed by atoms with Gasteiger partial charge in [-0.3, -0.25) is 9.20 Å². The molecule has 0 saturated heterocycles. The molecule has 3 rings (SSSR count). The minimum absolute atomic E-state index is 0.594. The second-order valence-corrected chi connectivity index (χ2v) is 5.88. The molecule has 0 atom stereocenters. The number of hydrogen-bond donors (Lipinski definition) is 0. The van der Waals surface area contributed by atoms with E-state index >= 15 is 0 Å². The lowest BCUT2D eigenvalue weighted by atomic mass is 10.5. The molecule has 0 unspecified atom stereocenters. The molecule has 0 radical (unpaired) electrons. The monoisotopic (exact) mass is 267 g/mol. The summed E-state index contributed by atoms with van der Waals surface area (Å²) in [7, 11) is 0. The van der Waals surface area contributed by atoms with Crippen molar-refractivity contribution < 1.29 is 4.79 Å². The van der Waals surface area contributed by atoms with Gasteiger partial charge < -0.3 is 0 Å². The van der Waals surface area contributed by atoms with Gasteiger partial charge in [0, 0.05) is 23.2 Å². The molecule has 3 heterocycles. The number of fused-ring (bicyclic) bond motifs is 1. The lowest BCUT2D eigenvalue weighted by Crippen LogP contribution is -1.87. The number of rotatable bonds is 3. The molecule has 0 N–H and O–H groups in total. The number of hydrogen-bond acceptors (Lipinski definition) is 6. The molecule has 80 valence electrons. The summed E-state index contributed by atoms with van der Waals surface area (Å²) >= 11 is 4.48. The number of aromatic nitrogens is 3. The molecule has 7 heteroatoms. The summed E-state index contributed by atoms with van der Waals surface area (Å²) in [5.41, 5.74) is 0.594. The average molecular weight is 267 g/mol. The van der Waals surface area contributed by atoms with Gasteiger partial charge >= 0.3 is 0 Å². The third kappa shape index (κ3) is 1.57. The van der Waals surface area contributed by atoms with Crippen LogP contribution in [0.4, 0.5) is 0 Å². The van der Waals surface area contributed by atoms with Crippen LogP contribution in [0.25, 0.3) is 4.96 Å². The highest BCUT2D eigenvalue weighted by atomic mass is 32.2. The van der Waals surface area contributed by atoms with Crippen molar-refractivity contribution in [2.24, 2.45) is 0 Å². The van der Waals surface area contributed by atoms with Crippen molar-refractivity contribution in [3.05, 3.63) is 28.8 Å². The zero-order valence-electron chi connectivity index (χ0n) is 7.86. The molecule has 0 spiro atoms. The first-order valence-electron chi connectivity index (χ1n) is 4.36. The Morgan fingerprint density at radius 2 is 2.31 bits per heavy atom. The average Bonchev–Trinajstić information content (AvgIpc) is 2.93. The zero-order chi connectivity index (χ0) is 11.0. The Morgan fingerprint density at radius 3 is 3.06 bits per heavy atom. The maximum absolute atomic E-state index is 11.0. The fraction of sp³-hybridized carbons (Fsp3) is 0. The van der Waals surface area contributed by atoms with Crippen molar-refractivity contribution in [1.82, 2.24) is 14.4 Å². The molecule has 3 aromatic heterocycles. The minimum atomic E-state index is 0.594. The summed E-state index contributed by atoms with van der Waals surface area (Å²) in [4.78, 5) is 20.4. The van der Waals surface area contributed by atoms with Crippen molar-refractivity contribution in [3.8, 4) is 0 Å². The van der Waals surface area contributed by atoms with Gasteiger partial charge in [0.1, 0.15) is 10.7 Å². The highest BCUT2D eigenvalue weighted by Crippen LogP contribution is 2.31. The van der Waals surface area contributed by atoms with Crippen LogP contribution in [0.3, 0.4) is 0 Å². The molecule has 0 fully saturated rings. The summed E-state index contributed by atoms with van der Waals surface area (Å²) in [6.07, 6.45) is 4.43. The van der Waals surface area contributed by atoms with Gasteiger partial charge in [0.25, 0.3) is 0 Å². The Kier molecular flexibility index (Phi) is 2.50. The van der Waals surface area contributed by atoms with Crippen molar-refractivity contribution in [2.45, 2.75) is 9.37 Å². The van der Waals surface area contributed by atoms with E-state index in [0.29, 0.717) is 5.69 Å². The van der Waals surface area contributed by atoms with E-state index in [-0.39, 0.29) is 0 Å². The summed E-state index contributed by atoms with van der Waals surface area (Å²) < 4.78 is 2.70. The molecule has 0 aromatic carbocycles. The van der Waals surface area contributed by atoms with Crippen molar-refractivity contribution in [3.63, 3.8) is 0 Å². The lowest BCUT2D eigenvalue weighted by molar-refractivity contribution is 0.111. The fourth-order valence-corrected chi connectivity index (χ4v) is 3.71. The first-order chi connectivity index (χ1) is 7.88. The van der Waals surface area contributed by atoms with E-state index in [9.17, 15) is 4.79 Å². The summed E-state index contributed by atoms with van der Waals surface area (Å²) in [5.74, 6) is 0. The highest BCUT2D eigenvalue weighted by molar-refractivity contribution is 8.01. The van der Waals surface area contributed by atoms with Gasteiger partial charge in [0.2, 0.25) is 0 Å². The third-order valence-corrected chi connectivity index (χ3v) is 4.60. The van der Waals surface area contributed by atoms with Gasteiger partial charge in [-0.25, -0.2) is 9.97 Å². The summed E-state index contributed by atoms with van der Waals surface area (Å²) in [6, 6.07) is 0. The Balaban J connectivity index is 2.08. The van der Waals surface area contributed by atoms with Crippen LogP contribution in [0, 0.1) is 0 Å². The zero-order valence-corrected chi connectivity index (χ0v) is 10.3. The smallest absolute Gasteiger partial charge is 0.195 e. The van der Waals surface area contributed by atoms with Crippen LogP contribution in [-0.2, 0) is 0 Å². The number of nitrogens with zero attached hydrogens (tertiary/aromatic N) is 3. The van der Waals surface area contributed by atoms with Crippen LogP contribution in [0.15, 0.2) is 32.5 Å². The molecular weight excluding hydrogens is 262 g/mol. The Bertz CT molecular complexity index is 626. The molecule has 16 heavy (non-hydrogen) atoms. The standard InChI is InChI=1S/C9H5N3OS3/c13-5-6-7(16-9-10-1-3-15-9)11-8-12(6)2-4-14-8/h1-5H. The van der Waals surface area contributed by atoms with Gasteiger partial charge in [-0.15, -0.1) is 22.7 Å². The first kappa shape index (κ1) is 10.0. The largest absolute Gasteiger partial charge is 0.296 e. The van der Waals surface area contributed by atoms with Crippen LogP contribution >= 0.6 is 34.4 Å². The van der Waals surface area contributed by atoms with E-state index in [1.54, 1.807) is 10.6 Å². The highest BCUT2D eigenvalue weighted by Gasteiger charge is 2.14. The molecule has 0 aliphatic carbocycles. The fourth-order valence-electron chi connectivity index (χ4n) is 1.31. The van der Waals surface area contributed by atoms with Gasteiger partial charge in [-0.1, -0.05) is 0 Å². The number of carbonyl (C=O) groups excluding carboxylic acids is 1. The van der Waals surface area contributed by atoms with Gasteiger partial charge in [-0.05, 0) is 11.8 Å². The van der Waals surface area contributed by atoms with Gasteiger partial charge in [0.15, 0.2) is 15.6 Å². The predicted molar refractivity (Wildman–Crippen MR) is 64.7 cm³/mol. The van der Waals surface area contributed by atoms with E-state index in [2.05, 4.69) is 9.97 Å². The van der Waals surface area contributed by atoms with Crippen LogP contribution in [0.2, 0.25) is 0 Å². The van der Waals surface area contributed by atoms with E-state index in [0.717, 1.165) is 20.6 Å². The molecule has 0 saturated carbocycles. The third-order valence-electron chi connectivity index (χ3n) is 1.97. The number of carbonyl (C=O) groups is 1. The van der Waals surface area contributed by atoms with Crippen molar-refractivity contribution in [2.75, 3.05) is 0 Å². The SMILES string of the molecule is O=Cc1c(Sc2nccs2)nc2sccn12. The first-order valence-corrected chi connectivity index (χ1v) is 6.94. The van der Waals surface area contributed by atoms with E-state index < -0.39 is 0 Å². The van der Waals surface area contributed by atoms with Crippen LogP contribution in [-0.4, -0.2) is 20.7 Å². The Morgan fingerprint density at radius 1 is 1.38 bits per heavy atom. The Labute approximate surface area is 103 Å². The molecule has 0 bridgehead atoms.